The summed E-state index contributed by atoms with van der Waals surface area (Å²) >= 11 is 1.39. The summed E-state index contributed by atoms with van der Waals surface area (Å²) in [6, 6.07) is 11.2. The van der Waals surface area contributed by atoms with E-state index in [9.17, 15) is 8.78 Å². The van der Waals surface area contributed by atoms with Gasteiger partial charge in [-0.2, -0.15) is 0 Å². The van der Waals surface area contributed by atoms with Crippen LogP contribution in [-0.2, 0) is 0 Å². The van der Waals surface area contributed by atoms with Crippen molar-refractivity contribution in [3.63, 3.8) is 0 Å². The molecule has 0 bridgehead atoms. The molecular formula is C16H12F2N2OS. The van der Waals surface area contributed by atoms with Crippen molar-refractivity contribution in [2.45, 2.75) is 0 Å². The van der Waals surface area contributed by atoms with Gasteiger partial charge in [0.05, 0.1) is 12.8 Å². The van der Waals surface area contributed by atoms with Crippen LogP contribution in [0.5, 0.6) is 5.75 Å². The average molecular weight is 318 g/mol. The fraction of sp³-hybridized carbons (Fsp3) is 0.0625. The lowest BCUT2D eigenvalue weighted by Gasteiger charge is -2.04. The lowest BCUT2D eigenvalue weighted by molar-refractivity contribution is 0.415. The molecule has 1 heterocycles. The zero-order chi connectivity index (χ0) is 15.5. The fourth-order valence-electron chi connectivity index (χ4n) is 1.92. The van der Waals surface area contributed by atoms with Crippen LogP contribution >= 0.6 is 11.3 Å². The molecule has 0 aliphatic heterocycles. The Hall–Kier alpha value is -2.47. The second-order valence-corrected chi connectivity index (χ2v) is 5.38. The SMILES string of the molecule is COc1ccc(Nc2nc(-c3ccc(F)c(F)c3)cs2)cc1. The van der Waals surface area contributed by atoms with Crippen molar-refractivity contribution in [3.8, 4) is 17.0 Å². The number of ether oxygens (including phenoxy) is 1. The molecule has 0 aliphatic rings. The van der Waals surface area contributed by atoms with Crippen LogP contribution in [0, 0.1) is 11.6 Å². The van der Waals surface area contributed by atoms with Gasteiger partial charge in [-0.1, -0.05) is 0 Å². The van der Waals surface area contributed by atoms with Gasteiger partial charge in [0.25, 0.3) is 0 Å². The van der Waals surface area contributed by atoms with E-state index < -0.39 is 11.6 Å². The molecule has 3 rings (SSSR count). The third-order valence-electron chi connectivity index (χ3n) is 3.06. The number of hydrogen-bond acceptors (Lipinski definition) is 4. The molecule has 112 valence electrons. The highest BCUT2D eigenvalue weighted by atomic mass is 32.1. The number of anilines is 2. The maximum atomic E-state index is 13.3. The third kappa shape index (κ3) is 3.07. The smallest absolute Gasteiger partial charge is 0.187 e. The Morgan fingerprint density at radius 3 is 2.50 bits per heavy atom. The summed E-state index contributed by atoms with van der Waals surface area (Å²) in [5, 5.41) is 5.62. The van der Waals surface area contributed by atoms with Gasteiger partial charge in [-0.15, -0.1) is 11.3 Å². The van der Waals surface area contributed by atoms with E-state index in [0.29, 0.717) is 16.4 Å². The highest BCUT2D eigenvalue weighted by Crippen LogP contribution is 2.28. The van der Waals surface area contributed by atoms with Gasteiger partial charge in [0.1, 0.15) is 5.75 Å². The van der Waals surface area contributed by atoms with E-state index >= 15 is 0 Å². The summed E-state index contributed by atoms with van der Waals surface area (Å²) in [6.07, 6.45) is 0. The van der Waals surface area contributed by atoms with Crippen LogP contribution in [0.4, 0.5) is 19.6 Å². The number of hydrogen-bond donors (Lipinski definition) is 1. The minimum absolute atomic E-state index is 0.540. The number of aromatic nitrogens is 1. The molecular weight excluding hydrogens is 306 g/mol. The molecule has 0 atom stereocenters. The van der Waals surface area contributed by atoms with Crippen LogP contribution in [-0.4, -0.2) is 12.1 Å². The van der Waals surface area contributed by atoms with Crippen LogP contribution in [0.15, 0.2) is 47.8 Å². The predicted octanol–water partition coefficient (Wildman–Crippen LogP) is 4.84. The molecule has 1 N–H and O–H groups in total. The van der Waals surface area contributed by atoms with Gasteiger partial charge in [0.2, 0.25) is 0 Å². The third-order valence-corrected chi connectivity index (χ3v) is 3.82. The monoisotopic (exact) mass is 318 g/mol. The molecule has 22 heavy (non-hydrogen) atoms. The minimum atomic E-state index is -0.879. The van der Waals surface area contributed by atoms with Gasteiger partial charge in [0, 0.05) is 16.6 Å². The van der Waals surface area contributed by atoms with Gasteiger partial charge in [-0.25, -0.2) is 13.8 Å². The lowest BCUT2D eigenvalue weighted by Crippen LogP contribution is -1.90. The first kappa shape index (κ1) is 14.5. The Morgan fingerprint density at radius 2 is 1.82 bits per heavy atom. The number of halogens is 2. The van der Waals surface area contributed by atoms with E-state index in [-0.39, 0.29) is 0 Å². The first-order chi connectivity index (χ1) is 10.7. The topological polar surface area (TPSA) is 34.1 Å². The summed E-state index contributed by atoms with van der Waals surface area (Å²) in [5.74, 6) is -0.974. The maximum absolute atomic E-state index is 13.3. The standard InChI is InChI=1S/C16H12F2N2OS/c1-21-12-5-3-11(4-6-12)19-16-20-15(9-22-16)10-2-7-13(17)14(18)8-10/h2-9H,1H3,(H,19,20). The molecule has 3 nitrogen and oxygen atoms in total. The van der Waals surface area contributed by atoms with E-state index in [1.165, 1.54) is 17.4 Å². The van der Waals surface area contributed by atoms with E-state index in [4.69, 9.17) is 4.74 Å². The molecule has 0 aliphatic carbocycles. The van der Waals surface area contributed by atoms with Gasteiger partial charge in [-0.05, 0) is 42.5 Å². The molecule has 2 aromatic carbocycles. The largest absolute Gasteiger partial charge is 0.497 e. The molecule has 3 aromatic rings. The van der Waals surface area contributed by atoms with Crippen molar-refractivity contribution in [3.05, 3.63) is 59.5 Å². The summed E-state index contributed by atoms with van der Waals surface area (Å²) in [5.41, 5.74) is 2.00. The molecule has 0 spiro atoms. The Bertz CT molecular complexity index is 787. The first-order valence-electron chi connectivity index (χ1n) is 6.48. The Labute approximate surface area is 130 Å². The summed E-state index contributed by atoms with van der Waals surface area (Å²) in [4.78, 5) is 4.38. The van der Waals surface area contributed by atoms with Crippen molar-refractivity contribution < 1.29 is 13.5 Å². The summed E-state index contributed by atoms with van der Waals surface area (Å²) in [7, 11) is 1.61. The predicted molar refractivity (Wildman–Crippen MR) is 83.7 cm³/mol. The minimum Gasteiger partial charge on any atom is -0.497 e. The molecule has 6 heteroatoms. The summed E-state index contributed by atoms with van der Waals surface area (Å²) < 4.78 is 31.3. The van der Waals surface area contributed by atoms with E-state index in [2.05, 4.69) is 10.3 Å². The number of benzene rings is 2. The van der Waals surface area contributed by atoms with Crippen LogP contribution in [0.2, 0.25) is 0 Å². The molecule has 0 fully saturated rings. The Kier molecular flexibility index (Phi) is 4.02. The molecule has 0 radical (unpaired) electrons. The van der Waals surface area contributed by atoms with Crippen molar-refractivity contribution in [2.24, 2.45) is 0 Å². The fourth-order valence-corrected chi connectivity index (χ4v) is 2.66. The Morgan fingerprint density at radius 1 is 1.05 bits per heavy atom. The van der Waals surface area contributed by atoms with Crippen molar-refractivity contribution in [1.29, 1.82) is 0 Å². The number of thiazole rings is 1. The highest BCUT2D eigenvalue weighted by molar-refractivity contribution is 7.14. The quantitative estimate of drug-likeness (QED) is 0.747. The zero-order valence-electron chi connectivity index (χ0n) is 11.6. The highest BCUT2D eigenvalue weighted by Gasteiger charge is 2.08. The van der Waals surface area contributed by atoms with Crippen molar-refractivity contribution in [1.82, 2.24) is 4.98 Å². The van der Waals surface area contributed by atoms with Gasteiger partial charge in [0.15, 0.2) is 16.8 Å². The van der Waals surface area contributed by atoms with Crippen molar-refractivity contribution in [2.75, 3.05) is 12.4 Å². The van der Waals surface area contributed by atoms with E-state index in [1.54, 1.807) is 12.5 Å². The normalized spacial score (nSPS) is 10.5. The van der Waals surface area contributed by atoms with E-state index in [1.807, 2.05) is 24.3 Å². The zero-order valence-corrected chi connectivity index (χ0v) is 12.5. The Balaban J connectivity index is 1.79. The second-order valence-electron chi connectivity index (χ2n) is 4.52. The number of nitrogens with one attached hydrogen (secondary N) is 1. The molecule has 1 aromatic heterocycles. The van der Waals surface area contributed by atoms with Gasteiger partial charge in [-0.3, -0.25) is 0 Å². The van der Waals surface area contributed by atoms with Gasteiger partial charge >= 0.3 is 0 Å². The van der Waals surface area contributed by atoms with Crippen LogP contribution in [0.25, 0.3) is 11.3 Å². The number of rotatable bonds is 4. The number of nitrogens with zero attached hydrogens (tertiary/aromatic N) is 1. The lowest BCUT2D eigenvalue weighted by atomic mass is 10.2. The van der Waals surface area contributed by atoms with Crippen LogP contribution in [0.1, 0.15) is 0 Å². The first-order valence-corrected chi connectivity index (χ1v) is 7.36. The molecule has 0 amide bonds. The van der Waals surface area contributed by atoms with Gasteiger partial charge < -0.3 is 10.1 Å². The summed E-state index contributed by atoms with van der Waals surface area (Å²) in [6.45, 7) is 0. The number of methoxy groups -OCH3 is 1. The van der Waals surface area contributed by atoms with Crippen LogP contribution < -0.4 is 10.1 Å². The maximum Gasteiger partial charge on any atom is 0.187 e. The molecule has 0 saturated carbocycles. The van der Waals surface area contributed by atoms with E-state index in [0.717, 1.165) is 23.6 Å². The van der Waals surface area contributed by atoms with Crippen molar-refractivity contribution >= 4 is 22.2 Å². The van der Waals surface area contributed by atoms with Crippen LogP contribution in [0.3, 0.4) is 0 Å². The average Bonchev–Trinajstić information content (AvgIpc) is 2.99. The molecule has 0 saturated heterocycles. The molecule has 0 unspecified atom stereocenters. The second kappa shape index (κ2) is 6.11.